The van der Waals surface area contributed by atoms with Crippen molar-refractivity contribution in [3.8, 4) is 0 Å². The van der Waals surface area contributed by atoms with Crippen molar-refractivity contribution >= 4 is 5.91 Å². The Morgan fingerprint density at radius 3 is 2.67 bits per heavy atom. The van der Waals surface area contributed by atoms with Gasteiger partial charge >= 0.3 is 0 Å². The lowest BCUT2D eigenvalue weighted by Crippen LogP contribution is -2.46. The number of amides is 1. The Kier molecular flexibility index (Phi) is 3.71. The van der Waals surface area contributed by atoms with Gasteiger partial charge < -0.3 is 10.0 Å². The number of hydrogen-bond acceptors (Lipinski definition) is 2. The standard InChI is InChI=1S/C15H21NO2/c1-15(2,12-7-4-3-5-8-12)14(18)16-10-6-9-13(16)11-17/h3-5,7-8,13,17H,6,9-11H2,1-2H3/t13-/m0/s1. The van der Waals surface area contributed by atoms with Crippen LogP contribution >= 0.6 is 0 Å². The molecule has 0 spiro atoms. The second kappa shape index (κ2) is 5.11. The highest BCUT2D eigenvalue weighted by molar-refractivity contribution is 5.87. The minimum absolute atomic E-state index is 0.000451. The van der Waals surface area contributed by atoms with Crippen LogP contribution in [0.2, 0.25) is 0 Å². The highest BCUT2D eigenvalue weighted by Gasteiger charge is 2.38. The molecule has 1 N–H and O–H groups in total. The van der Waals surface area contributed by atoms with Crippen molar-refractivity contribution in [1.82, 2.24) is 4.90 Å². The normalized spacial score (nSPS) is 20.2. The van der Waals surface area contributed by atoms with Gasteiger partial charge in [0, 0.05) is 6.54 Å². The van der Waals surface area contributed by atoms with Gasteiger partial charge in [-0.1, -0.05) is 30.3 Å². The van der Waals surface area contributed by atoms with Gasteiger partial charge in [-0.2, -0.15) is 0 Å². The van der Waals surface area contributed by atoms with Crippen LogP contribution in [0.5, 0.6) is 0 Å². The van der Waals surface area contributed by atoms with Crippen LogP contribution in [0.3, 0.4) is 0 Å². The maximum absolute atomic E-state index is 12.7. The minimum atomic E-state index is -0.529. The summed E-state index contributed by atoms with van der Waals surface area (Å²) in [5, 5.41) is 9.33. The van der Waals surface area contributed by atoms with Crippen LogP contribution in [0, 0.1) is 0 Å². The molecule has 1 heterocycles. The van der Waals surface area contributed by atoms with Crippen LogP contribution in [0.4, 0.5) is 0 Å². The largest absolute Gasteiger partial charge is 0.394 e. The number of carbonyl (C=O) groups is 1. The molecule has 1 fully saturated rings. The second-order valence-electron chi connectivity index (χ2n) is 5.47. The van der Waals surface area contributed by atoms with Crippen molar-refractivity contribution in [2.45, 2.75) is 38.1 Å². The number of hydrogen-bond donors (Lipinski definition) is 1. The van der Waals surface area contributed by atoms with E-state index in [1.807, 2.05) is 49.1 Å². The van der Waals surface area contributed by atoms with E-state index in [-0.39, 0.29) is 18.6 Å². The zero-order valence-electron chi connectivity index (χ0n) is 11.1. The average Bonchev–Trinajstić information content (AvgIpc) is 2.87. The first-order valence-corrected chi connectivity index (χ1v) is 6.55. The number of aliphatic hydroxyl groups is 1. The molecule has 18 heavy (non-hydrogen) atoms. The third-order valence-electron chi connectivity index (χ3n) is 3.88. The van der Waals surface area contributed by atoms with E-state index in [1.165, 1.54) is 0 Å². The molecule has 2 rings (SSSR count). The smallest absolute Gasteiger partial charge is 0.232 e. The molecule has 1 atom stereocenters. The van der Waals surface area contributed by atoms with Gasteiger partial charge in [-0.3, -0.25) is 4.79 Å². The highest BCUT2D eigenvalue weighted by atomic mass is 16.3. The average molecular weight is 247 g/mol. The van der Waals surface area contributed by atoms with Crippen molar-refractivity contribution < 1.29 is 9.90 Å². The Balaban J connectivity index is 2.22. The van der Waals surface area contributed by atoms with Gasteiger partial charge in [0.05, 0.1) is 18.1 Å². The highest BCUT2D eigenvalue weighted by Crippen LogP contribution is 2.29. The number of likely N-dealkylation sites (tertiary alicyclic amines) is 1. The van der Waals surface area contributed by atoms with E-state index in [1.54, 1.807) is 0 Å². The van der Waals surface area contributed by atoms with Crippen LogP contribution in [-0.2, 0) is 10.2 Å². The fourth-order valence-corrected chi connectivity index (χ4v) is 2.63. The van der Waals surface area contributed by atoms with Crippen molar-refractivity contribution in [3.05, 3.63) is 35.9 Å². The number of carbonyl (C=O) groups excluding carboxylic acids is 1. The maximum Gasteiger partial charge on any atom is 0.232 e. The first-order chi connectivity index (χ1) is 8.57. The molecule has 0 aromatic heterocycles. The molecule has 0 saturated carbocycles. The molecule has 1 amide bonds. The maximum atomic E-state index is 12.7. The molecule has 1 saturated heterocycles. The van der Waals surface area contributed by atoms with Crippen LogP contribution < -0.4 is 0 Å². The van der Waals surface area contributed by atoms with Crippen LogP contribution in [-0.4, -0.2) is 35.1 Å². The molecule has 0 bridgehead atoms. The topological polar surface area (TPSA) is 40.5 Å². The van der Waals surface area contributed by atoms with E-state index < -0.39 is 5.41 Å². The fourth-order valence-electron chi connectivity index (χ4n) is 2.63. The van der Waals surface area contributed by atoms with Gasteiger partial charge in [-0.25, -0.2) is 0 Å². The van der Waals surface area contributed by atoms with E-state index >= 15 is 0 Å². The number of rotatable bonds is 3. The van der Waals surface area contributed by atoms with E-state index in [2.05, 4.69) is 0 Å². The summed E-state index contributed by atoms with van der Waals surface area (Å²) in [7, 11) is 0. The van der Waals surface area contributed by atoms with Gasteiger partial charge in [0.25, 0.3) is 0 Å². The predicted octanol–water partition coefficient (Wildman–Crippen LogP) is 1.95. The summed E-state index contributed by atoms with van der Waals surface area (Å²) >= 11 is 0. The molecular formula is C15H21NO2. The van der Waals surface area contributed by atoms with Gasteiger partial charge in [-0.05, 0) is 32.3 Å². The van der Waals surface area contributed by atoms with Gasteiger partial charge in [0.2, 0.25) is 5.91 Å². The quantitative estimate of drug-likeness (QED) is 0.887. The molecule has 0 unspecified atom stereocenters. The summed E-state index contributed by atoms with van der Waals surface area (Å²) in [5.41, 5.74) is 0.498. The van der Waals surface area contributed by atoms with E-state index in [0.717, 1.165) is 24.9 Å². The second-order valence-corrected chi connectivity index (χ2v) is 5.47. The lowest BCUT2D eigenvalue weighted by molar-refractivity contribution is -0.137. The lowest BCUT2D eigenvalue weighted by atomic mass is 9.83. The zero-order valence-corrected chi connectivity index (χ0v) is 11.1. The van der Waals surface area contributed by atoms with Crippen LogP contribution in [0.1, 0.15) is 32.3 Å². The Hall–Kier alpha value is -1.35. The molecule has 1 aromatic rings. The van der Waals surface area contributed by atoms with Crippen molar-refractivity contribution in [2.24, 2.45) is 0 Å². The third kappa shape index (κ3) is 2.27. The summed E-state index contributed by atoms with van der Waals surface area (Å²) in [6, 6.07) is 9.84. The first-order valence-electron chi connectivity index (χ1n) is 6.55. The first kappa shape index (κ1) is 13.1. The summed E-state index contributed by atoms with van der Waals surface area (Å²) in [6.45, 7) is 4.74. The molecule has 0 radical (unpaired) electrons. The van der Waals surface area contributed by atoms with E-state index in [0.29, 0.717) is 0 Å². The van der Waals surface area contributed by atoms with Gasteiger partial charge in [-0.15, -0.1) is 0 Å². The number of nitrogens with zero attached hydrogens (tertiary/aromatic N) is 1. The van der Waals surface area contributed by atoms with E-state index in [4.69, 9.17) is 0 Å². The lowest BCUT2D eigenvalue weighted by Gasteiger charge is -2.32. The molecule has 3 nitrogen and oxygen atoms in total. The van der Waals surface area contributed by atoms with Crippen molar-refractivity contribution in [3.63, 3.8) is 0 Å². The molecule has 1 aliphatic rings. The van der Waals surface area contributed by atoms with Crippen LogP contribution in [0.15, 0.2) is 30.3 Å². The van der Waals surface area contributed by atoms with Gasteiger partial charge in [0.15, 0.2) is 0 Å². The summed E-state index contributed by atoms with van der Waals surface area (Å²) in [4.78, 5) is 14.5. The monoisotopic (exact) mass is 247 g/mol. The minimum Gasteiger partial charge on any atom is -0.394 e. The SMILES string of the molecule is CC(C)(C(=O)N1CCC[C@H]1CO)c1ccccc1. The third-order valence-corrected chi connectivity index (χ3v) is 3.88. The predicted molar refractivity (Wildman–Crippen MR) is 71.3 cm³/mol. The fraction of sp³-hybridized carbons (Fsp3) is 0.533. The number of benzene rings is 1. The molecule has 1 aliphatic heterocycles. The Bertz CT molecular complexity index is 414. The molecule has 1 aromatic carbocycles. The Labute approximate surface area is 108 Å². The Morgan fingerprint density at radius 1 is 1.39 bits per heavy atom. The summed E-state index contributed by atoms with van der Waals surface area (Å²) in [6.07, 6.45) is 1.90. The summed E-state index contributed by atoms with van der Waals surface area (Å²) < 4.78 is 0. The van der Waals surface area contributed by atoms with Gasteiger partial charge in [0.1, 0.15) is 0 Å². The molecule has 3 heteroatoms. The summed E-state index contributed by atoms with van der Waals surface area (Å²) in [5.74, 6) is 0.116. The zero-order chi connectivity index (χ0) is 13.2. The molecule has 0 aliphatic carbocycles. The molecular weight excluding hydrogens is 226 g/mol. The van der Waals surface area contributed by atoms with Crippen molar-refractivity contribution in [2.75, 3.05) is 13.2 Å². The number of aliphatic hydroxyl groups excluding tert-OH is 1. The van der Waals surface area contributed by atoms with Crippen molar-refractivity contribution in [1.29, 1.82) is 0 Å². The van der Waals surface area contributed by atoms with Crippen LogP contribution in [0.25, 0.3) is 0 Å². The Morgan fingerprint density at radius 2 is 2.06 bits per heavy atom. The van der Waals surface area contributed by atoms with E-state index in [9.17, 15) is 9.90 Å². The molecule has 98 valence electrons.